The van der Waals surface area contributed by atoms with Gasteiger partial charge in [-0.1, -0.05) is 5.18 Å². The molecule has 23 heavy (non-hydrogen) atoms. The molecule has 1 fully saturated rings. The molecule has 0 aromatic heterocycles. The van der Waals surface area contributed by atoms with E-state index in [0.29, 0.717) is 18.6 Å². The number of ether oxygens (including phenoxy) is 1. The Morgan fingerprint density at radius 3 is 2.96 bits per heavy atom. The molecule has 0 saturated carbocycles. The number of nitrogens with zero attached hydrogens (tertiary/aromatic N) is 3. The quantitative estimate of drug-likeness (QED) is 0.625. The molecule has 1 saturated heterocycles. The SMILES string of the molecule is CN1C=C(CN=O)N([C@H]2COc3c(F)cc(F)cc3C2)C12CS2. The zero-order valence-corrected chi connectivity index (χ0v) is 13.3. The molecule has 1 aromatic rings. The second-order valence-electron chi connectivity index (χ2n) is 5.97. The van der Waals surface area contributed by atoms with E-state index in [4.69, 9.17) is 4.74 Å². The molecule has 0 N–H and O–H groups in total. The van der Waals surface area contributed by atoms with Crippen LogP contribution in [0.2, 0.25) is 0 Å². The number of rotatable bonds is 3. The van der Waals surface area contributed by atoms with Crippen LogP contribution in [0.3, 0.4) is 0 Å². The van der Waals surface area contributed by atoms with Crippen LogP contribution in [0.1, 0.15) is 5.56 Å². The van der Waals surface area contributed by atoms with Crippen LogP contribution in [0, 0.1) is 16.5 Å². The number of fused-ring (bicyclic) bond motifs is 1. The Labute approximate surface area is 136 Å². The fraction of sp³-hybridized carbons (Fsp3) is 0.467. The van der Waals surface area contributed by atoms with Gasteiger partial charge in [-0.15, -0.1) is 11.8 Å². The molecule has 3 aliphatic heterocycles. The van der Waals surface area contributed by atoms with Gasteiger partial charge in [-0.25, -0.2) is 8.78 Å². The molecule has 1 aromatic carbocycles. The first-order valence-electron chi connectivity index (χ1n) is 7.32. The largest absolute Gasteiger partial charge is 0.488 e. The van der Waals surface area contributed by atoms with Crippen LogP contribution in [-0.4, -0.2) is 46.8 Å². The predicted molar refractivity (Wildman–Crippen MR) is 82.9 cm³/mol. The maximum absolute atomic E-state index is 13.8. The van der Waals surface area contributed by atoms with Crippen molar-refractivity contribution in [3.8, 4) is 5.75 Å². The van der Waals surface area contributed by atoms with E-state index in [0.717, 1.165) is 17.5 Å². The van der Waals surface area contributed by atoms with E-state index in [1.165, 1.54) is 6.07 Å². The highest BCUT2D eigenvalue weighted by Crippen LogP contribution is 2.56. The molecule has 0 radical (unpaired) electrons. The summed E-state index contributed by atoms with van der Waals surface area (Å²) in [5.41, 5.74) is 1.34. The second kappa shape index (κ2) is 5.09. The number of benzene rings is 1. The lowest BCUT2D eigenvalue weighted by Gasteiger charge is -2.40. The third-order valence-corrected chi connectivity index (χ3v) is 5.82. The Balaban J connectivity index is 1.66. The zero-order valence-electron chi connectivity index (χ0n) is 12.5. The molecule has 3 aliphatic rings. The molecule has 4 rings (SSSR count). The topological polar surface area (TPSA) is 45.1 Å². The molecule has 0 bridgehead atoms. The normalized spacial score (nSPS) is 28.5. The molecule has 3 heterocycles. The van der Waals surface area contributed by atoms with E-state index in [1.807, 2.05) is 13.2 Å². The van der Waals surface area contributed by atoms with Gasteiger partial charge in [0.1, 0.15) is 19.0 Å². The second-order valence-corrected chi connectivity index (χ2v) is 7.20. The summed E-state index contributed by atoms with van der Waals surface area (Å²) in [6, 6.07) is 2.07. The highest BCUT2D eigenvalue weighted by Gasteiger charge is 2.59. The summed E-state index contributed by atoms with van der Waals surface area (Å²) in [5, 5.41) is 3.01. The van der Waals surface area contributed by atoms with Crippen LogP contribution in [0.5, 0.6) is 5.75 Å². The van der Waals surface area contributed by atoms with Crippen LogP contribution in [-0.2, 0) is 6.42 Å². The van der Waals surface area contributed by atoms with Crippen molar-refractivity contribution in [2.45, 2.75) is 17.5 Å². The summed E-state index contributed by atoms with van der Waals surface area (Å²) in [7, 11) is 1.96. The Morgan fingerprint density at radius 2 is 2.26 bits per heavy atom. The van der Waals surface area contributed by atoms with Crippen molar-refractivity contribution < 1.29 is 13.5 Å². The van der Waals surface area contributed by atoms with Crippen LogP contribution in [0.4, 0.5) is 8.78 Å². The lowest BCUT2D eigenvalue weighted by molar-refractivity contribution is 0.0831. The van der Waals surface area contributed by atoms with Crippen molar-refractivity contribution in [1.29, 1.82) is 0 Å². The van der Waals surface area contributed by atoms with Crippen LogP contribution >= 0.6 is 11.8 Å². The van der Waals surface area contributed by atoms with E-state index in [-0.39, 0.29) is 23.3 Å². The number of hydrogen-bond donors (Lipinski definition) is 0. The fourth-order valence-electron chi connectivity index (χ4n) is 3.48. The van der Waals surface area contributed by atoms with Gasteiger partial charge in [-0.3, -0.25) is 0 Å². The number of thioether (sulfide) groups is 1. The minimum atomic E-state index is -0.669. The van der Waals surface area contributed by atoms with Crippen LogP contribution in [0.25, 0.3) is 0 Å². The van der Waals surface area contributed by atoms with E-state index in [1.54, 1.807) is 11.8 Å². The average Bonchev–Trinajstić information content (AvgIpc) is 3.23. The minimum absolute atomic E-state index is 0.0769. The molecule has 1 spiro atoms. The summed E-state index contributed by atoms with van der Waals surface area (Å²) >= 11 is 1.76. The molecule has 0 aliphatic carbocycles. The molecule has 5 nitrogen and oxygen atoms in total. The maximum Gasteiger partial charge on any atom is 0.171 e. The number of halogens is 2. The highest BCUT2D eigenvalue weighted by molar-refractivity contribution is 8.07. The van der Waals surface area contributed by atoms with Crippen molar-refractivity contribution in [2.24, 2.45) is 5.18 Å². The molecule has 1 unspecified atom stereocenters. The Hall–Kier alpha value is -1.83. The van der Waals surface area contributed by atoms with Crippen molar-refractivity contribution in [2.75, 3.05) is 26.0 Å². The van der Waals surface area contributed by atoms with Gasteiger partial charge in [0.25, 0.3) is 0 Å². The standard InChI is InChI=1S/C15H15F2N3O2S/c1-19-6-12(5-18-21)20(15(19)8-23-15)11-3-9-2-10(16)4-13(17)14(9)22-7-11/h2,4,6,11H,3,5,7-8H2,1H3/t11-,15?/m1/s1. The molecule has 122 valence electrons. The maximum atomic E-state index is 13.8. The van der Waals surface area contributed by atoms with Gasteiger partial charge in [-0.2, -0.15) is 4.91 Å². The number of hydrogen-bond acceptors (Lipinski definition) is 6. The monoisotopic (exact) mass is 339 g/mol. The van der Waals surface area contributed by atoms with Gasteiger partial charge in [0.05, 0.1) is 11.7 Å². The van der Waals surface area contributed by atoms with Crippen molar-refractivity contribution in [3.05, 3.63) is 46.1 Å². The van der Waals surface area contributed by atoms with E-state index in [9.17, 15) is 13.7 Å². The first-order valence-corrected chi connectivity index (χ1v) is 8.30. The summed E-state index contributed by atoms with van der Waals surface area (Å²) in [4.78, 5) is 14.7. The van der Waals surface area contributed by atoms with Crippen LogP contribution in [0.15, 0.2) is 29.2 Å². The first kappa shape index (κ1) is 14.7. The molecule has 8 heteroatoms. The molecule has 2 atom stereocenters. The molecular formula is C15H15F2N3O2S. The first-order chi connectivity index (χ1) is 11.0. The Kier molecular flexibility index (Phi) is 3.26. The third kappa shape index (κ3) is 2.19. The predicted octanol–water partition coefficient (Wildman–Crippen LogP) is 2.52. The van der Waals surface area contributed by atoms with Crippen LogP contribution < -0.4 is 4.74 Å². The lowest BCUT2D eigenvalue weighted by Crippen LogP contribution is -2.51. The summed E-state index contributed by atoms with van der Waals surface area (Å²) in [6.45, 7) is 0.370. The van der Waals surface area contributed by atoms with Crippen molar-refractivity contribution >= 4 is 11.8 Å². The smallest absolute Gasteiger partial charge is 0.171 e. The average molecular weight is 339 g/mol. The summed E-state index contributed by atoms with van der Waals surface area (Å²) in [5.74, 6) is -0.238. The van der Waals surface area contributed by atoms with Crippen molar-refractivity contribution in [3.63, 3.8) is 0 Å². The molecular weight excluding hydrogens is 324 g/mol. The van der Waals surface area contributed by atoms with Gasteiger partial charge in [-0.05, 0) is 6.07 Å². The van der Waals surface area contributed by atoms with Gasteiger partial charge in [0.2, 0.25) is 0 Å². The van der Waals surface area contributed by atoms with Gasteiger partial charge in [0.15, 0.2) is 16.6 Å². The minimum Gasteiger partial charge on any atom is -0.488 e. The number of nitroso groups, excluding NO2 is 1. The van der Waals surface area contributed by atoms with Gasteiger partial charge in [0, 0.05) is 37.1 Å². The summed E-state index contributed by atoms with van der Waals surface area (Å²) < 4.78 is 32.9. The fourth-order valence-corrected chi connectivity index (χ4v) is 4.61. The zero-order chi connectivity index (χ0) is 16.2. The lowest BCUT2D eigenvalue weighted by atomic mass is 10.00. The van der Waals surface area contributed by atoms with Crippen molar-refractivity contribution in [1.82, 2.24) is 9.80 Å². The molecule has 0 amide bonds. The van der Waals surface area contributed by atoms with E-state index >= 15 is 0 Å². The Bertz CT molecular complexity index is 708. The summed E-state index contributed by atoms with van der Waals surface area (Å²) in [6.07, 6.45) is 2.39. The van der Waals surface area contributed by atoms with E-state index in [2.05, 4.69) is 15.0 Å². The third-order valence-electron chi connectivity index (χ3n) is 4.53. The van der Waals surface area contributed by atoms with Gasteiger partial charge < -0.3 is 14.5 Å². The Morgan fingerprint density at radius 1 is 1.48 bits per heavy atom. The van der Waals surface area contributed by atoms with Gasteiger partial charge >= 0.3 is 0 Å². The van der Waals surface area contributed by atoms with E-state index < -0.39 is 11.6 Å². The highest BCUT2D eigenvalue weighted by atomic mass is 32.2.